The second kappa shape index (κ2) is 11.2. The number of benzene rings is 2. The number of amides is 2. The van der Waals surface area contributed by atoms with E-state index in [0.29, 0.717) is 70.1 Å². The van der Waals surface area contributed by atoms with Gasteiger partial charge < -0.3 is 19.9 Å². The fourth-order valence-corrected chi connectivity index (χ4v) is 6.71. The molecule has 2 aliphatic heterocycles. The molecule has 5 rings (SSSR count). The number of carbonyl (C=O) groups is 2. The van der Waals surface area contributed by atoms with E-state index in [1.807, 2.05) is 30.9 Å². The van der Waals surface area contributed by atoms with E-state index < -0.39 is 11.2 Å². The molecule has 2 amide bonds. The van der Waals surface area contributed by atoms with Crippen LogP contribution in [0.1, 0.15) is 33.6 Å². The number of halogens is 2. The van der Waals surface area contributed by atoms with Gasteiger partial charge in [-0.15, -0.1) is 0 Å². The lowest BCUT2D eigenvalue weighted by molar-refractivity contribution is -0.134. The third-order valence-electron chi connectivity index (χ3n) is 7.00. The second-order valence-electron chi connectivity index (χ2n) is 9.37. The average molecular weight is 574 g/mol. The summed E-state index contributed by atoms with van der Waals surface area (Å²) in [5, 5.41) is 3.91. The number of carbonyl (C=O) groups excluding carboxylic acids is 2. The molecule has 3 N–H and O–H groups in total. The highest BCUT2D eigenvalue weighted by Gasteiger charge is 2.30. The molecule has 1 aromatic heterocycles. The SMILES string of the molecule is Cc1[nH]c(/C=C2\C(=O)Nc3ccc([S+](O)Cc4c(Cl)cccc4Cl)cc32)c(C)c1CC(=O)N1CCOCC1. The van der Waals surface area contributed by atoms with Gasteiger partial charge in [0.05, 0.1) is 35.3 Å². The number of ether oxygens (including phenoxy) is 1. The molecular weight excluding hydrogens is 545 g/mol. The van der Waals surface area contributed by atoms with Gasteiger partial charge in [0.1, 0.15) is 0 Å². The van der Waals surface area contributed by atoms with Gasteiger partial charge in [-0.3, -0.25) is 9.59 Å². The standard InChI is InChI=1S/C28H27Cl2N3O4S/c1-16-19(14-27(34)33-8-10-37-11-9-33)17(2)31-26(16)13-21-20-12-18(6-7-25(20)32-28(21)35)38(36)15-22-23(29)4-3-5-24(22)30/h3-7,12-13,36H,8-11,14-15H2,1-2H3,(H-,31,32,35)/p+1. The number of hydrogen-bond acceptors (Lipinski definition) is 4. The molecule has 0 spiro atoms. The number of rotatable bonds is 6. The first-order chi connectivity index (χ1) is 18.2. The molecule has 0 radical (unpaired) electrons. The van der Waals surface area contributed by atoms with E-state index in [9.17, 15) is 14.1 Å². The minimum absolute atomic E-state index is 0.0694. The van der Waals surface area contributed by atoms with Crippen LogP contribution in [0.4, 0.5) is 5.69 Å². The molecule has 7 nitrogen and oxygen atoms in total. The van der Waals surface area contributed by atoms with Crippen molar-refractivity contribution in [2.75, 3.05) is 31.6 Å². The van der Waals surface area contributed by atoms with Crippen LogP contribution in [-0.2, 0) is 37.7 Å². The van der Waals surface area contributed by atoms with Crippen molar-refractivity contribution in [1.82, 2.24) is 9.88 Å². The number of aromatic amines is 1. The number of nitrogens with one attached hydrogen (secondary N) is 2. The van der Waals surface area contributed by atoms with Crippen molar-refractivity contribution in [3.05, 3.63) is 80.1 Å². The van der Waals surface area contributed by atoms with Crippen molar-refractivity contribution in [2.45, 2.75) is 30.9 Å². The Balaban J connectivity index is 1.41. The summed E-state index contributed by atoms with van der Waals surface area (Å²) < 4.78 is 16.4. The first-order valence-electron chi connectivity index (χ1n) is 12.3. The lowest BCUT2D eigenvalue weighted by Gasteiger charge is -2.27. The van der Waals surface area contributed by atoms with Crippen molar-refractivity contribution in [1.29, 1.82) is 0 Å². The summed E-state index contributed by atoms with van der Waals surface area (Å²) in [4.78, 5) is 31.6. The first-order valence-corrected chi connectivity index (χ1v) is 14.4. The summed E-state index contributed by atoms with van der Waals surface area (Å²) in [6.07, 6.45) is 2.11. The van der Waals surface area contributed by atoms with Crippen LogP contribution in [0, 0.1) is 13.8 Å². The summed E-state index contributed by atoms with van der Waals surface area (Å²) in [5.41, 5.74) is 6.12. The van der Waals surface area contributed by atoms with E-state index in [1.54, 1.807) is 30.3 Å². The van der Waals surface area contributed by atoms with Crippen LogP contribution in [0.5, 0.6) is 0 Å². The zero-order valence-electron chi connectivity index (χ0n) is 21.1. The van der Waals surface area contributed by atoms with Gasteiger partial charge in [-0.05, 0) is 55.3 Å². The molecule has 198 valence electrons. The largest absolute Gasteiger partial charge is 0.378 e. The molecule has 1 unspecified atom stereocenters. The maximum atomic E-state index is 12.9. The predicted octanol–water partition coefficient (Wildman–Crippen LogP) is 5.48. The number of fused-ring (bicyclic) bond motifs is 1. The van der Waals surface area contributed by atoms with E-state index >= 15 is 0 Å². The highest BCUT2D eigenvalue weighted by molar-refractivity contribution is 7.90. The molecule has 0 saturated carbocycles. The maximum Gasteiger partial charge on any atom is 0.256 e. The Labute approximate surface area is 234 Å². The van der Waals surface area contributed by atoms with Crippen molar-refractivity contribution in [2.24, 2.45) is 0 Å². The topological polar surface area (TPSA) is 94.7 Å². The van der Waals surface area contributed by atoms with Crippen molar-refractivity contribution in [3.63, 3.8) is 0 Å². The van der Waals surface area contributed by atoms with Crippen molar-refractivity contribution >= 4 is 63.5 Å². The molecule has 2 aliphatic rings. The van der Waals surface area contributed by atoms with Crippen LogP contribution in [0.25, 0.3) is 11.6 Å². The summed E-state index contributed by atoms with van der Waals surface area (Å²) in [6.45, 7) is 6.23. The van der Waals surface area contributed by atoms with Crippen molar-refractivity contribution < 1.29 is 18.9 Å². The Morgan fingerprint density at radius 2 is 1.84 bits per heavy atom. The Kier molecular flexibility index (Phi) is 7.88. The molecule has 1 saturated heterocycles. The molecule has 10 heteroatoms. The quantitative estimate of drug-likeness (QED) is 0.269. The minimum atomic E-state index is -1.18. The molecular formula is C28H28Cl2N3O4S+. The fourth-order valence-electron chi connectivity index (χ4n) is 4.79. The van der Waals surface area contributed by atoms with Gasteiger partial charge in [0.2, 0.25) is 5.91 Å². The van der Waals surface area contributed by atoms with Gasteiger partial charge in [0, 0.05) is 47.4 Å². The molecule has 1 atom stereocenters. The van der Waals surface area contributed by atoms with Crippen LogP contribution in [0.2, 0.25) is 10.0 Å². The normalized spacial score (nSPS) is 17.0. The zero-order valence-corrected chi connectivity index (χ0v) is 23.4. The molecule has 0 aliphatic carbocycles. The minimum Gasteiger partial charge on any atom is -0.378 e. The van der Waals surface area contributed by atoms with E-state index in [1.165, 1.54) is 0 Å². The third kappa shape index (κ3) is 5.37. The summed E-state index contributed by atoms with van der Waals surface area (Å²) >= 11 is 11.4. The Bertz CT molecular complexity index is 1430. The fraction of sp³-hybridized carbons (Fsp3) is 0.286. The first kappa shape index (κ1) is 26.8. The number of anilines is 1. The molecule has 3 heterocycles. The molecule has 0 bridgehead atoms. The smallest absolute Gasteiger partial charge is 0.256 e. The van der Waals surface area contributed by atoms with Crippen molar-refractivity contribution in [3.8, 4) is 0 Å². The van der Waals surface area contributed by atoms with Gasteiger partial charge in [0.15, 0.2) is 21.8 Å². The highest BCUT2D eigenvalue weighted by Crippen LogP contribution is 2.37. The Morgan fingerprint density at radius 1 is 1.13 bits per heavy atom. The van der Waals surface area contributed by atoms with Gasteiger partial charge >= 0.3 is 0 Å². The van der Waals surface area contributed by atoms with E-state index in [-0.39, 0.29) is 17.6 Å². The van der Waals surface area contributed by atoms with E-state index in [2.05, 4.69) is 10.3 Å². The Morgan fingerprint density at radius 3 is 2.55 bits per heavy atom. The maximum absolute atomic E-state index is 12.9. The molecule has 38 heavy (non-hydrogen) atoms. The number of nitrogens with zero attached hydrogens (tertiary/aromatic N) is 1. The van der Waals surface area contributed by atoms with Gasteiger partial charge in [0.25, 0.3) is 5.91 Å². The van der Waals surface area contributed by atoms with Crippen LogP contribution in [0.15, 0.2) is 41.3 Å². The zero-order chi connectivity index (χ0) is 27.0. The number of H-pyrrole nitrogens is 1. The number of aromatic nitrogens is 1. The second-order valence-corrected chi connectivity index (χ2v) is 11.7. The van der Waals surface area contributed by atoms with Crippen LogP contribution in [0.3, 0.4) is 0 Å². The average Bonchev–Trinajstić information content (AvgIpc) is 3.36. The molecule has 3 aromatic rings. The predicted molar refractivity (Wildman–Crippen MR) is 153 cm³/mol. The summed E-state index contributed by atoms with van der Waals surface area (Å²) in [7, 11) is 0. The lowest BCUT2D eigenvalue weighted by atomic mass is 10.0. The molecule has 1 fully saturated rings. The third-order valence-corrected chi connectivity index (χ3v) is 9.07. The Hall–Kier alpha value is -2.75. The highest BCUT2D eigenvalue weighted by atomic mass is 35.5. The monoisotopic (exact) mass is 572 g/mol. The number of hydrogen-bond donors (Lipinski definition) is 3. The van der Waals surface area contributed by atoms with Crippen LogP contribution >= 0.6 is 23.2 Å². The van der Waals surface area contributed by atoms with Gasteiger partial charge in [-0.1, -0.05) is 29.3 Å². The number of aryl methyl sites for hydroxylation is 1. The lowest BCUT2D eigenvalue weighted by Crippen LogP contribution is -2.41. The summed E-state index contributed by atoms with van der Waals surface area (Å²) in [6, 6.07) is 10.7. The van der Waals surface area contributed by atoms with Crippen LogP contribution < -0.4 is 5.32 Å². The summed E-state index contributed by atoms with van der Waals surface area (Å²) in [5.74, 6) is 0.120. The van der Waals surface area contributed by atoms with E-state index in [4.69, 9.17) is 27.9 Å². The van der Waals surface area contributed by atoms with Crippen LogP contribution in [-0.4, -0.2) is 52.6 Å². The number of morpholine rings is 1. The van der Waals surface area contributed by atoms with Gasteiger partial charge in [-0.2, -0.15) is 4.55 Å². The van der Waals surface area contributed by atoms with E-state index in [0.717, 1.165) is 22.5 Å². The van der Waals surface area contributed by atoms with Gasteiger partial charge in [-0.25, -0.2) is 0 Å². The molecule has 2 aromatic carbocycles.